The number of hydrogen-bond donors (Lipinski definition) is 0. The molecule has 1 atom stereocenters. The Morgan fingerprint density at radius 3 is 2.32 bits per heavy atom. The van der Waals surface area contributed by atoms with E-state index in [-0.39, 0.29) is 5.75 Å². The first-order chi connectivity index (χ1) is 10.6. The van der Waals surface area contributed by atoms with Gasteiger partial charge in [-0.25, -0.2) is 0 Å². The highest BCUT2D eigenvalue weighted by atomic mass is 35.5. The second-order valence-corrected chi connectivity index (χ2v) is 6.22. The molecule has 3 nitrogen and oxygen atoms in total. The third-order valence-corrected chi connectivity index (χ3v) is 4.21. The zero-order valence-corrected chi connectivity index (χ0v) is 13.2. The first-order valence-corrected chi connectivity index (χ1v) is 8.34. The van der Waals surface area contributed by atoms with Gasteiger partial charge in [-0.1, -0.05) is 46.9 Å². The quantitative estimate of drug-likeness (QED) is 0.674. The van der Waals surface area contributed by atoms with Crippen LogP contribution in [0.1, 0.15) is 5.56 Å². The van der Waals surface area contributed by atoms with Crippen LogP contribution in [0.2, 0.25) is 5.02 Å². The zero-order valence-electron chi connectivity index (χ0n) is 11.6. The van der Waals surface area contributed by atoms with Gasteiger partial charge in [-0.2, -0.15) is 0 Å². The Morgan fingerprint density at radius 2 is 1.68 bits per heavy atom. The zero-order chi connectivity index (χ0) is 15.5. The van der Waals surface area contributed by atoms with Gasteiger partial charge in [-0.3, -0.25) is 4.21 Å². The summed E-state index contributed by atoms with van der Waals surface area (Å²) in [6, 6.07) is 19.2. The number of benzene rings is 2. The molecule has 0 radical (unpaired) electrons. The Morgan fingerprint density at radius 1 is 1.00 bits per heavy atom. The lowest BCUT2D eigenvalue weighted by Crippen LogP contribution is -1.96. The SMILES string of the molecule is O=S([O-])Cc1ccc(-c2cccn2-c2ccc(Cl)cc2)cc1. The Bertz CT molecular complexity index is 794. The lowest BCUT2D eigenvalue weighted by atomic mass is 10.1. The number of aromatic nitrogens is 1. The van der Waals surface area contributed by atoms with E-state index < -0.39 is 11.1 Å². The molecule has 1 unspecified atom stereocenters. The predicted molar refractivity (Wildman–Crippen MR) is 88.8 cm³/mol. The molecule has 0 fully saturated rings. The van der Waals surface area contributed by atoms with Crippen molar-refractivity contribution in [1.29, 1.82) is 0 Å². The van der Waals surface area contributed by atoms with E-state index in [9.17, 15) is 8.76 Å². The molecule has 5 heteroatoms. The molecule has 112 valence electrons. The van der Waals surface area contributed by atoms with Gasteiger partial charge in [0.1, 0.15) is 0 Å². The molecule has 1 heterocycles. The second kappa shape index (κ2) is 6.48. The molecule has 3 aromatic rings. The molecule has 0 saturated heterocycles. The standard InChI is InChI=1S/C17H14ClNO2S/c18-15-7-9-16(10-8-15)19-11-1-2-17(19)14-5-3-13(4-6-14)12-22(20)21/h1-11H,12H2,(H,20,21)/p-1. The van der Waals surface area contributed by atoms with Crippen LogP contribution < -0.4 is 0 Å². The average molecular weight is 331 g/mol. The van der Waals surface area contributed by atoms with Gasteiger partial charge in [-0.05, 0) is 47.5 Å². The van der Waals surface area contributed by atoms with Gasteiger partial charge in [0.05, 0.1) is 5.69 Å². The first-order valence-electron chi connectivity index (χ1n) is 6.72. The minimum Gasteiger partial charge on any atom is -0.772 e. The van der Waals surface area contributed by atoms with Crippen molar-refractivity contribution in [2.24, 2.45) is 0 Å². The van der Waals surface area contributed by atoms with Crippen molar-refractivity contribution in [3.05, 3.63) is 77.4 Å². The molecule has 0 saturated carbocycles. The summed E-state index contributed by atoms with van der Waals surface area (Å²) >= 11 is 3.87. The van der Waals surface area contributed by atoms with Crippen LogP contribution >= 0.6 is 11.6 Å². The van der Waals surface area contributed by atoms with E-state index in [4.69, 9.17) is 11.6 Å². The van der Waals surface area contributed by atoms with Crippen LogP contribution in [0.25, 0.3) is 16.9 Å². The van der Waals surface area contributed by atoms with Gasteiger partial charge in [0.15, 0.2) is 0 Å². The van der Waals surface area contributed by atoms with Crippen LogP contribution in [0.4, 0.5) is 0 Å². The van der Waals surface area contributed by atoms with Crippen LogP contribution in [0.15, 0.2) is 66.9 Å². The maximum Gasteiger partial charge on any atom is 0.0528 e. The summed E-state index contributed by atoms with van der Waals surface area (Å²) in [4.78, 5) is 0. The molecule has 0 aliphatic carbocycles. The Balaban J connectivity index is 1.94. The first kappa shape index (κ1) is 15.0. The van der Waals surface area contributed by atoms with Gasteiger partial charge >= 0.3 is 0 Å². The number of nitrogens with zero attached hydrogens (tertiary/aromatic N) is 1. The lowest BCUT2D eigenvalue weighted by Gasteiger charge is -2.11. The maximum atomic E-state index is 10.7. The van der Waals surface area contributed by atoms with Crippen LogP contribution in [0, 0.1) is 0 Å². The minimum absolute atomic E-state index is 0.0402. The number of hydrogen-bond acceptors (Lipinski definition) is 2. The molecule has 0 bridgehead atoms. The van der Waals surface area contributed by atoms with Crippen molar-refractivity contribution < 1.29 is 8.76 Å². The number of rotatable bonds is 4. The van der Waals surface area contributed by atoms with E-state index >= 15 is 0 Å². The lowest BCUT2D eigenvalue weighted by molar-refractivity contribution is 0.536. The van der Waals surface area contributed by atoms with Gasteiger partial charge in [0.25, 0.3) is 0 Å². The summed E-state index contributed by atoms with van der Waals surface area (Å²) in [5.74, 6) is 0.0402. The van der Waals surface area contributed by atoms with Crippen LogP contribution in [0.3, 0.4) is 0 Å². The maximum absolute atomic E-state index is 10.7. The molecule has 0 N–H and O–H groups in total. The largest absolute Gasteiger partial charge is 0.772 e. The van der Waals surface area contributed by atoms with Crippen molar-refractivity contribution in [2.75, 3.05) is 0 Å². The monoisotopic (exact) mass is 330 g/mol. The summed E-state index contributed by atoms with van der Waals surface area (Å²) in [5, 5.41) is 0.701. The van der Waals surface area contributed by atoms with E-state index in [2.05, 4.69) is 4.57 Å². The smallest absolute Gasteiger partial charge is 0.0528 e. The van der Waals surface area contributed by atoms with Crippen molar-refractivity contribution >= 4 is 22.7 Å². The van der Waals surface area contributed by atoms with Crippen LogP contribution in [0.5, 0.6) is 0 Å². The van der Waals surface area contributed by atoms with Gasteiger partial charge in [0, 0.05) is 22.7 Å². The summed E-state index contributed by atoms with van der Waals surface area (Å²) in [7, 11) is 0. The molecule has 1 aromatic heterocycles. The Hall–Kier alpha value is -1.88. The second-order valence-electron chi connectivity index (χ2n) is 4.88. The van der Waals surface area contributed by atoms with Crippen LogP contribution in [-0.4, -0.2) is 13.3 Å². The topological polar surface area (TPSA) is 45.1 Å². The fourth-order valence-corrected chi connectivity index (χ4v) is 2.94. The minimum atomic E-state index is -2.06. The molecule has 22 heavy (non-hydrogen) atoms. The molecule has 0 amide bonds. The molecule has 0 aliphatic rings. The van der Waals surface area contributed by atoms with E-state index in [0.717, 1.165) is 22.5 Å². The van der Waals surface area contributed by atoms with E-state index in [1.807, 2.05) is 66.9 Å². The van der Waals surface area contributed by atoms with Crippen molar-refractivity contribution in [3.8, 4) is 16.9 Å². The van der Waals surface area contributed by atoms with Crippen LogP contribution in [-0.2, 0) is 16.8 Å². The average Bonchev–Trinajstić information content (AvgIpc) is 2.97. The third-order valence-electron chi connectivity index (χ3n) is 3.39. The third kappa shape index (κ3) is 3.30. The van der Waals surface area contributed by atoms with Gasteiger partial charge in [-0.15, -0.1) is 0 Å². The Kier molecular flexibility index (Phi) is 4.43. The molecule has 0 aliphatic heterocycles. The van der Waals surface area contributed by atoms with Crippen molar-refractivity contribution in [1.82, 2.24) is 4.57 Å². The van der Waals surface area contributed by atoms with Gasteiger partial charge in [0.2, 0.25) is 0 Å². The fourth-order valence-electron chi connectivity index (χ4n) is 2.35. The summed E-state index contributed by atoms with van der Waals surface area (Å²) in [6.07, 6.45) is 1.99. The van der Waals surface area contributed by atoms with E-state index in [1.165, 1.54) is 0 Å². The van der Waals surface area contributed by atoms with E-state index in [0.29, 0.717) is 5.02 Å². The predicted octanol–water partition coefficient (Wildman–Crippen LogP) is 4.18. The highest BCUT2D eigenvalue weighted by Gasteiger charge is 2.06. The highest BCUT2D eigenvalue weighted by Crippen LogP contribution is 2.25. The van der Waals surface area contributed by atoms with E-state index in [1.54, 1.807) is 0 Å². The number of halogens is 1. The fraction of sp³-hybridized carbons (Fsp3) is 0.0588. The highest BCUT2D eigenvalue weighted by molar-refractivity contribution is 7.78. The molecule has 3 rings (SSSR count). The summed E-state index contributed by atoms with van der Waals surface area (Å²) < 4.78 is 23.5. The van der Waals surface area contributed by atoms with Crippen molar-refractivity contribution in [2.45, 2.75) is 5.75 Å². The molecular formula is C17H13ClNO2S-. The Labute approximate surface area is 136 Å². The normalized spacial score (nSPS) is 12.3. The molecule has 2 aromatic carbocycles. The summed E-state index contributed by atoms with van der Waals surface area (Å²) in [6.45, 7) is 0. The molecule has 0 spiro atoms. The molecular weight excluding hydrogens is 318 g/mol. The van der Waals surface area contributed by atoms with Gasteiger partial charge < -0.3 is 9.12 Å². The summed E-state index contributed by atoms with van der Waals surface area (Å²) in [5.41, 5.74) is 3.87. The van der Waals surface area contributed by atoms with Crippen molar-refractivity contribution in [3.63, 3.8) is 0 Å².